The Labute approximate surface area is 124 Å². The lowest BCUT2D eigenvalue weighted by Crippen LogP contribution is -2.36. The number of halogens is 1. The first kappa shape index (κ1) is 15.5. The summed E-state index contributed by atoms with van der Waals surface area (Å²) in [5.74, 6) is 0.793. The van der Waals surface area contributed by atoms with Crippen LogP contribution in [0.15, 0.2) is 18.3 Å². The Hall–Kier alpha value is -1.85. The van der Waals surface area contributed by atoms with Gasteiger partial charge in [0, 0.05) is 19.6 Å². The van der Waals surface area contributed by atoms with Crippen LogP contribution in [0.4, 0.5) is 15.0 Å². The first-order valence-corrected chi connectivity index (χ1v) is 7.17. The van der Waals surface area contributed by atoms with E-state index in [0.29, 0.717) is 12.5 Å². The van der Waals surface area contributed by atoms with Crippen molar-refractivity contribution in [1.82, 2.24) is 10.3 Å². The van der Waals surface area contributed by atoms with E-state index in [2.05, 4.69) is 15.2 Å². The molecule has 0 aromatic carbocycles. The van der Waals surface area contributed by atoms with E-state index in [1.807, 2.05) is 20.8 Å². The number of rotatable bonds is 3. The zero-order chi connectivity index (χ0) is 15.5. The molecule has 1 fully saturated rings. The molecule has 2 rings (SSSR count). The molecule has 0 bridgehead atoms. The van der Waals surface area contributed by atoms with Gasteiger partial charge in [0.15, 0.2) is 0 Å². The Bertz CT molecular complexity index is 485. The fourth-order valence-corrected chi connectivity index (χ4v) is 2.30. The topological polar surface area (TPSA) is 54.5 Å². The molecule has 1 aliphatic rings. The monoisotopic (exact) mass is 295 g/mol. The zero-order valence-electron chi connectivity index (χ0n) is 12.7. The third kappa shape index (κ3) is 4.88. The van der Waals surface area contributed by atoms with E-state index in [0.717, 1.165) is 25.3 Å². The first-order valence-electron chi connectivity index (χ1n) is 7.17. The summed E-state index contributed by atoms with van der Waals surface area (Å²) >= 11 is 0. The van der Waals surface area contributed by atoms with Crippen molar-refractivity contribution in [3.63, 3.8) is 0 Å². The molecule has 0 radical (unpaired) electrons. The molecule has 5 nitrogen and oxygen atoms in total. The van der Waals surface area contributed by atoms with Crippen LogP contribution in [0, 0.1) is 11.7 Å². The van der Waals surface area contributed by atoms with Crippen LogP contribution in [0.3, 0.4) is 0 Å². The molecular weight excluding hydrogens is 273 g/mol. The van der Waals surface area contributed by atoms with Gasteiger partial charge in [-0.3, -0.25) is 0 Å². The molecule has 1 amide bonds. The summed E-state index contributed by atoms with van der Waals surface area (Å²) < 4.78 is 18.1. The van der Waals surface area contributed by atoms with Crippen molar-refractivity contribution < 1.29 is 13.9 Å². The SMILES string of the molecule is CC(C)(C)OC(=O)NCC1CCN(c2ccc(F)cn2)C1. The molecule has 2 heterocycles. The van der Waals surface area contributed by atoms with Crippen molar-refractivity contribution in [2.24, 2.45) is 5.92 Å². The number of ether oxygens (including phenoxy) is 1. The highest BCUT2D eigenvalue weighted by Gasteiger charge is 2.24. The molecule has 1 aliphatic heterocycles. The fourth-order valence-electron chi connectivity index (χ4n) is 2.30. The van der Waals surface area contributed by atoms with Gasteiger partial charge < -0.3 is 15.0 Å². The lowest BCUT2D eigenvalue weighted by molar-refractivity contribution is 0.0520. The summed E-state index contributed by atoms with van der Waals surface area (Å²) in [6.45, 7) is 7.75. The van der Waals surface area contributed by atoms with Crippen LogP contribution in [0.1, 0.15) is 27.2 Å². The van der Waals surface area contributed by atoms with E-state index in [9.17, 15) is 9.18 Å². The van der Waals surface area contributed by atoms with Gasteiger partial charge in [-0.1, -0.05) is 0 Å². The summed E-state index contributed by atoms with van der Waals surface area (Å²) in [7, 11) is 0. The molecule has 6 heteroatoms. The number of nitrogens with one attached hydrogen (secondary N) is 1. The van der Waals surface area contributed by atoms with Gasteiger partial charge in [-0.25, -0.2) is 14.2 Å². The average molecular weight is 295 g/mol. The standard InChI is InChI=1S/C15H22FN3O2/c1-15(2,3)21-14(20)18-8-11-6-7-19(10-11)13-5-4-12(16)9-17-13/h4-5,9,11H,6-8,10H2,1-3H3,(H,18,20). The van der Waals surface area contributed by atoms with Crippen LogP contribution in [0.2, 0.25) is 0 Å². The van der Waals surface area contributed by atoms with E-state index < -0.39 is 5.60 Å². The molecule has 1 aromatic rings. The highest BCUT2D eigenvalue weighted by atomic mass is 19.1. The molecule has 21 heavy (non-hydrogen) atoms. The Kier molecular flexibility index (Phi) is 4.65. The number of carbonyl (C=O) groups is 1. The normalized spacial score (nSPS) is 18.7. The van der Waals surface area contributed by atoms with E-state index in [1.165, 1.54) is 12.3 Å². The van der Waals surface area contributed by atoms with Gasteiger partial charge in [-0.05, 0) is 45.2 Å². The minimum Gasteiger partial charge on any atom is -0.444 e. The van der Waals surface area contributed by atoms with Crippen molar-refractivity contribution in [2.45, 2.75) is 32.8 Å². The lowest BCUT2D eigenvalue weighted by atomic mass is 10.1. The Morgan fingerprint density at radius 3 is 2.90 bits per heavy atom. The maximum Gasteiger partial charge on any atom is 0.407 e. The quantitative estimate of drug-likeness (QED) is 0.931. The van der Waals surface area contributed by atoms with Gasteiger partial charge in [-0.2, -0.15) is 0 Å². The number of pyridine rings is 1. The summed E-state index contributed by atoms with van der Waals surface area (Å²) in [5, 5.41) is 2.79. The van der Waals surface area contributed by atoms with Crippen molar-refractivity contribution in [2.75, 3.05) is 24.5 Å². The maximum atomic E-state index is 12.9. The smallest absolute Gasteiger partial charge is 0.407 e. The predicted octanol–water partition coefficient (Wildman–Crippen LogP) is 2.57. The highest BCUT2D eigenvalue weighted by Crippen LogP contribution is 2.21. The van der Waals surface area contributed by atoms with E-state index in [1.54, 1.807) is 6.07 Å². The second-order valence-corrected chi connectivity index (χ2v) is 6.32. The highest BCUT2D eigenvalue weighted by molar-refractivity contribution is 5.67. The van der Waals surface area contributed by atoms with Gasteiger partial charge in [0.1, 0.15) is 17.2 Å². The zero-order valence-corrected chi connectivity index (χ0v) is 12.7. The lowest BCUT2D eigenvalue weighted by Gasteiger charge is -2.21. The maximum absolute atomic E-state index is 12.9. The summed E-state index contributed by atoms with van der Waals surface area (Å²) in [4.78, 5) is 17.8. The molecule has 0 aliphatic carbocycles. The van der Waals surface area contributed by atoms with E-state index in [4.69, 9.17) is 4.74 Å². The van der Waals surface area contributed by atoms with Crippen molar-refractivity contribution in [3.05, 3.63) is 24.1 Å². The number of alkyl carbamates (subject to hydrolysis) is 1. The third-order valence-corrected chi connectivity index (χ3v) is 3.26. The summed E-state index contributed by atoms with van der Waals surface area (Å²) in [6.07, 6.45) is 1.80. The number of nitrogens with zero attached hydrogens (tertiary/aromatic N) is 2. The van der Waals surface area contributed by atoms with Crippen LogP contribution >= 0.6 is 0 Å². The van der Waals surface area contributed by atoms with Crippen molar-refractivity contribution in [3.8, 4) is 0 Å². The third-order valence-electron chi connectivity index (χ3n) is 3.26. The van der Waals surface area contributed by atoms with Gasteiger partial charge >= 0.3 is 6.09 Å². The average Bonchev–Trinajstić information content (AvgIpc) is 2.84. The predicted molar refractivity (Wildman–Crippen MR) is 78.8 cm³/mol. The number of carbonyl (C=O) groups excluding carboxylic acids is 1. The van der Waals surface area contributed by atoms with Gasteiger partial charge in [0.25, 0.3) is 0 Å². The van der Waals surface area contributed by atoms with Crippen LogP contribution in [0.5, 0.6) is 0 Å². The van der Waals surface area contributed by atoms with Crippen molar-refractivity contribution >= 4 is 11.9 Å². The van der Waals surface area contributed by atoms with Gasteiger partial charge in [0.05, 0.1) is 6.20 Å². The van der Waals surface area contributed by atoms with Crippen LogP contribution in [-0.2, 0) is 4.74 Å². The van der Waals surface area contributed by atoms with Crippen LogP contribution in [0.25, 0.3) is 0 Å². The van der Waals surface area contributed by atoms with Gasteiger partial charge in [-0.15, -0.1) is 0 Å². The molecule has 1 aromatic heterocycles. The number of hydrogen-bond acceptors (Lipinski definition) is 4. The molecule has 1 N–H and O–H groups in total. The summed E-state index contributed by atoms with van der Waals surface area (Å²) in [5.41, 5.74) is -0.482. The van der Waals surface area contributed by atoms with E-state index >= 15 is 0 Å². The number of amides is 1. The molecule has 1 unspecified atom stereocenters. The second-order valence-electron chi connectivity index (χ2n) is 6.32. The minimum absolute atomic E-state index is 0.332. The molecule has 0 spiro atoms. The molecule has 0 saturated carbocycles. The first-order chi connectivity index (χ1) is 9.83. The Morgan fingerprint density at radius 2 is 2.29 bits per heavy atom. The molecular formula is C15H22FN3O2. The van der Waals surface area contributed by atoms with E-state index in [-0.39, 0.29) is 11.9 Å². The Morgan fingerprint density at radius 1 is 1.52 bits per heavy atom. The van der Waals surface area contributed by atoms with Gasteiger partial charge in [0.2, 0.25) is 0 Å². The van der Waals surface area contributed by atoms with Crippen LogP contribution in [-0.4, -0.2) is 36.3 Å². The molecule has 1 saturated heterocycles. The number of hydrogen-bond donors (Lipinski definition) is 1. The second kappa shape index (κ2) is 6.28. The largest absolute Gasteiger partial charge is 0.444 e. The number of anilines is 1. The Balaban J connectivity index is 1.78. The molecule has 1 atom stereocenters. The number of aromatic nitrogens is 1. The summed E-state index contributed by atoms with van der Waals surface area (Å²) in [6, 6.07) is 3.09. The minimum atomic E-state index is -0.482. The fraction of sp³-hybridized carbons (Fsp3) is 0.600. The van der Waals surface area contributed by atoms with Crippen molar-refractivity contribution in [1.29, 1.82) is 0 Å². The molecule has 116 valence electrons. The van der Waals surface area contributed by atoms with Crippen LogP contribution < -0.4 is 10.2 Å².